The Morgan fingerprint density at radius 2 is 2.12 bits per heavy atom. The van der Waals surface area contributed by atoms with Crippen molar-refractivity contribution in [2.45, 2.75) is 39.0 Å². The maximum Gasteiger partial charge on any atom is 0.0624 e. The molecular formula is C12H19ClN2OS. The highest BCUT2D eigenvalue weighted by molar-refractivity contribution is 7.10. The van der Waals surface area contributed by atoms with Crippen molar-refractivity contribution in [1.29, 1.82) is 0 Å². The minimum absolute atomic E-state index is 0.0671. The maximum atomic E-state index is 6.20. The summed E-state index contributed by atoms with van der Waals surface area (Å²) >= 11 is 7.84. The van der Waals surface area contributed by atoms with E-state index in [1.165, 1.54) is 0 Å². The number of hydrogen-bond acceptors (Lipinski definition) is 4. The van der Waals surface area contributed by atoms with E-state index < -0.39 is 0 Å². The van der Waals surface area contributed by atoms with Crippen molar-refractivity contribution in [3.8, 4) is 0 Å². The molecule has 3 N–H and O–H groups in total. The van der Waals surface area contributed by atoms with Gasteiger partial charge in [0, 0.05) is 10.8 Å². The van der Waals surface area contributed by atoms with Gasteiger partial charge >= 0.3 is 0 Å². The van der Waals surface area contributed by atoms with Crippen LogP contribution in [0.15, 0.2) is 11.4 Å². The van der Waals surface area contributed by atoms with E-state index in [1.807, 2.05) is 11.4 Å². The van der Waals surface area contributed by atoms with Gasteiger partial charge in [-0.1, -0.05) is 18.5 Å². The fourth-order valence-corrected chi connectivity index (χ4v) is 4.05. The maximum absolute atomic E-state index is 6.20. The van der Waals surface area contributed by atoms with E-state index in [0.717, 1.165) is 9.90 Å². The molecule has 5 atom stereocenters. The van der Waals surface area contributed by atoms with Crippen molar-refractivity contribution in [3.05, 3.63) is 21.3 Å². The molecule has 0 spiro atoms. The van der Waals surface area contributed by atoms with Crippen LogP contribution in [0.3, 0.4) is 0 Å². The van der Waals surface area contributed by atoms with Gasteiger partial charge in [0.25, 0.3) is 0 Å². The second-order valence-electron chi connectivity index (χ2n) is 4.76. The summed E-state index contributed by atoms with van der Waals surface area (Å²) < 4.78 is 5.87. The van der Waals surface area contributed by atoms with Crippen molar-refractivity contribution in [2.75, 3.05) is 0 Å². The zero-order valence-electron chi connectivity index (χ0n) is 10.3. The molecule has 1 aliphatic rings. The summed E-state index contributed by atoms with van der Waals surface area (Å²) in [6.07, 6.45) is 0.462. The lowest BCUT2D eigenvalue weighted by atomic mass is 9.83. The Hall–Kier alpha value is -0.130. The molecule has 0 radical (unpaired) electrons. The van der Waals surface area contributed by atoms with Crippen molar-refractivity contribution in [1.82, 2.24) is 5.43 Å². The molecule has 2 heterocycles. The Kier molecular flexibility index (Phi) is 4.10. The Balaban J connectivity index is 2.27. The molecule has 1 fully saturated rings. The van der Waals surface area contributed by atoms with Crippen LogP contribution >= 0.6 is 22.9 Å². The number of hydrazine groups is 1. The standard InChI is InChI=1S/C12H19ClN2OS/c1-6-7(2)16-8(3)10(6)11(15-14)12-9(13)4-5-17-12/h4-8,10-11,15H,14H2,1-3H3. The largest absolute Gasteiger partial charge is 0.375 e. The average molecular weight is 275 g/mol. The molecule has 5 unspecified atom stereocenters. The summed E-state index contributed by atoms with van der Waals surface area (Å²) in [5, 5.41) is 2.79. The number of hydrogen-bond donors (Lipinski definition) is 2. The molecule has 0 bridgehead atoms. The highest BCUT2D eigenvalue weighted by Crippen LogP contribution is 2.43. The quantitative estimate of drug-likeness (QED) is 0.658. The van der Waals surface area contributed by atoms with Gasteiger partial charge in [-0.15, -0.1) is 11.3 Å². The molecule has 1 saturated heterocycles. The zero-order valence-corrected chi connectivity index (χ0v) is 11.9. The highest BCUT2D eigenvalue weighted by Gasteiger charge is 2.42. The molecule has 0 aliphatic carbocycles. The normalized spacial score (nSPS) is 35.1. The molecule has 1 aromatic heterocycles. The van der Waals surface area contributed by atoms with E-state index >= 15 is 0 Å². The highest BCUT2D eigenvalue weighted by atomic mass is 35.5. The van der Waals surface area contributed by atoms with E-state index in [-0.39, 0.29) is 18.2 Å². The average Bonchev–Trinajstić information content (AvgIpc) is 2.79. The van der Waals surface area contributed by atoms with E-state index in [0.29, 0.717) is 11.8 Å². The summed E-state index contributed by atoms with van der Waals surface area (Å²) in [6.45, 7) is 6.44. The van der Waals surface area contributed by atoms with Gasteiger partial charge in [0.1, 0.15) is 0 Å². The summed E-state index contributed by atoms with van der Waals surface area (Å²) in [5.41, 5.74) is 2.91. The minimum atomic E-state index is 0.0671. The van der Waals surface area contributed by atoms with Gasteiger partial charge < -0.3 is 4.74 Å². The number of nitrogens with two attached hydrogens (primary N) is 1. The lowest BCUT2D eigenvalue weighted by Crippen LogP contribution is -2.38. The molecule has 0 saturated carbocycles. The topological polar surface area (TPSA) is 47.3 Å². The number of nitrogens with one attached hydrogen (secondary N) is 1. The summed E-state index contributed by atoms with van der Waals surface area (Å²) in [7, 11) is 0. The van der Waals surface area contributed by atoms with Crippen LogP contribution in [-0.2, 0) is 4.74 Å². The monoisotopic (exact) mass is 274 g/mol. The van der Waals surface area contributed by atoms with Gasteiger partial charge in [-0.3, -0.25) is 11.3 Å². The van der Waals surface area contributed by atoms with E-state index in [2.05, 4.69) is 26.2 Å². The number of rotatable bonds is 3. The third-order valence-corrected chi connectivity index (χ3v) is 5.25. The van der Waals surface area contributed by atoms with Gasteiger partial charge in [-0.05, 0) is 31.2 Å². The first-order chi connectivity index (χ1) is 8.06. The Morgan fingerprint density at radius 3 is 2.53 bits per heavy atom. The zero-order chi connectivity index (χ0) is 12.6. The van der Waals surface area contributed by atoms with Crippen molar-refractivity contribution in [2.24, 2.45) is 17.7 Å². The van der Waals surface area contributed by atoms with E-state index in [9.17, 15) is 0 Å². The summed E-state index contributed by atoms with van der Waals surface area (Å²) in [4.78, 5) is 1.11. The SMILES string of the molecule is CC1OC(C)C(C(NN)c2sccc2Cl)C1C. The molecular weight excluding hydrogens is 256 g/mol. The first kappa shape index (κ1) is 13.3. The van der Waals surface area contributed by atoms with Crippen LogP contribution in [0.5, 0.6) is 0 Å². The van der Waals surface area contributed by atoms with Crippen LogP contribution in [0.2, 0.25) is 5.02 Å². The summed E-state index contributed by atoms with van der Waals surface area (Å²) in [5.74, 6) is 6.54. The fraction of sp³-hybridized carbons (Fsp3) is 0.667. The fourth-order valence-electron chi connectivity index (χ4n) is 2.76. The third-order valence-electron chi connectivity index (χ3n) is 3.81. The Bertz CT molecular complexity index is 384. The molecule has 96 valence electrons. The van der Waals surface area contributed by atoms with Gasteiger partial charge in [0.15, 0.2) is 0 Å². The molecule has 17 heavy (non-hydrogen) atoms. The predicted molar refractivity (Wildman–Crippen MR) is 72.1 cm³/mol. The second-order valence-corrected chi connectivity index (χ2v) is 6.11. The van der Waals surface area contributed by atoms with E-state index in [1.54, 1.807) is 11.3 Å². The van der Waals surface area contributed by atoms with E-state index in [4.69, 9.17) is 22.2 Å². The smallest absolute Gasteiger partial charge is 0.0624 e. The van der Waals surface area contributed by atoms with Crippen LogP contribution in [0.1, 0.15) is 31.7 Å². The minimum Gasteiger partial charge on any atom is -0.375 e. The van der Waals surface area contributed by atoms with Gasteiger partial charge in [-0.2, -0.15) is 0 Å². The second kappa shape index (κ2) is 5.24. The van der Waals surface area contributed by atoms with Gasteiger partial charge in [-0.25, -0.2) is 0 Å². The number of ether oxygens (including phenoxy) is 1. The molecule has 2 rings (SSSR count). The van der Waals surface area contributed by atoms with Crippen molar-refractivity contribution < 1.29 is 4.74 Å². The van der Waals surface area contributed by atoms with Crippen molar-refractivity contribution in [3.63, 3.8) is 0 Å². The lowest BCUT2D eigenvalue weighted by molar-refractivity contribution is 0.0476. The molecule has 5 heteroatoms. The molecule has 1 aromatic rings. The first-order valence-electron chi connectivity index (χ1n) is 5.90. The Labute approximate surface area is 111 Å². The predicted octanol–water partition coefficient (Wildman–Crippen LogP) is 2.97. The van der Waals surface area contributed by atoms with Crippen LogP contribution in [0.4, 0.5) is 0 Å². The molecule has 1 aliphatic heterocycles. The molecule has 0 amide bonds. The van der Waals surface area contributed by atoms with Crippen LogP contribution in [0.25, 0.3) is 0 Å². The first-order valence-corrected chi connectivity index (χ1v) is 7.16. The van der Waals surface area contributed by atoms with Gasteiger partial charge in [0.2, 0.25) is 0 Å². The third kappa shape index (κ3) is 2.37. The molecule has 0 aromatic carbocycles. The Morgan fingerprint density at radius 1 is 1.41 bits per heavy atom. The van der Waals surface area contributed by atoms with Crippen LogP contribution in [0, 0.1) is 11.8 Å². The summed E-state index contributed by atoms with van der Waals surface area (Å²) in [6, 6.07) is 1.98. The van der Waals surface area contributed by atoms with Crippen LogP contribution < -0.4 is 11.3 Å². The van der Waals surface area contributed by atoms with Gasteiger partial charge in [0.05, 0.1) is 23.3 Å². The number of halogens is 1. The van der Waals surface area contributed by atoms with Crippen LogP contribution in [-0.4, -0.2) is 12.2 Å². The van der Waals surface area contributed by atoms with Crippen molar-refractivity contribution >= 4 is 22.9 Å². The molecule has 3 nitrogen and oxygen atoms in total. The number of thiophene rings is 1. The lowest BCUT2D eigenvalue weighted by Gasteiger charge is -2.27.